The van der Waals surface area contributed by atoms with Crippen molar-refractivity contribution in [2.45, 2.75) is 45.4 Å². The van der Waals surface area contributed by atoms with Gasteiger partial charge in [-0.05, 0) is 93.0 Å². The van der Waals surface area contributed by atoms with E-state index in [9.17, 15) is 4.79 Å². The van der Waals surface area contributed by atoms with E-state index in [0.29, 0.717) is 16.1 Å². The molecule has 5 rings (SSSR count). The molecule has 2 N–H and O–H groups in total. The third kappa shape index (κ3) is 3.21. The number of carbonyl (C=O) groups excluding carboxylic acids is 1. The minimum absolute atomic E-state index is 0.0751. The highest BCUT2D eigenvalue weighted by atomic mass is 32.1. The van der Waals surface area contributed by atoms with E-state index in [0.717, 1.165) is 30.0 Å². The van der Waals surface area contributed by atoms with Gasteiger partial charge >= 0.3 is 0 Å². The van der Waals surface area contributed by atoms with Crippen LogP contribution < -0.4 is 10.6 Å². The lowest BCUT2D eigenvalue weighted by molar-refractivity contribution is -0.0490. The summed E-state index contributed by atoms with van der Waals surface area (Å²) in [5.41, 5.74) is 2.07. The van der Waals surface area contributed by atoms with Gasteiger partial charge < -0.3 is 10.6 Å². The summed E-state index contributed by atoms with van der Waals surface area (Å²) in [4.78, 5) is 11.5. The third-order valence-corrected chi connectivity index (χ3v) is 6.56. The maximum Gasteiger partial charge on any atom is 0.170 e. The van der Waals surface area contributed by atoms with E-state index >= 15 is 0 Å². The van der Waals surface area contributed by atoms with Crippen LogP contribution in [0.25, 0.3) is 0 Å². The van der Waals surface area contributed by atoms with Crippen LogP contribution in [0.5, 0.6) is 0 Å². The largest absolute Gasteiger partial charge is 0.362 e. The molecule has 0 atom stereocenters. The van der Waals surface area contributed by atoms with Gasteiger partial charge in [-0.1, -0.05) is 12.1 Å². The van der Waals surface area contributed by atoms with Crippen molar-refractivity contribution >= 4 is 28.8 Å². The fraction of sp³-hybridized carbons (Fsp3) is 0.600. The molecule has 3 nitrogen and oxygen atoms in total. The highest BCUT2D eigenvalue weighted by Crippen LogP contribution is 2.59. The third-order valence-electron chi connectivity index (χ3n) is 6.32. The number of Topliss-reactive ketones (excluding diaryl/α,β-unsaturated/α-hetero) is 1. The van der Waals surface area contributed by atoms with E-state index < -0.39 is 0 Å². The van der Waals surface area contributed by atoms with Crippen LogP contribution in [0.2, 0.25) is 0 Å². The molecule has 0 spiro atoms. The molecule has 4 aliphatic carbocycles. The van der Waals surface area contributed by atoms with Crippen LogP contribution in [0.1, 0.15) is 55.8 Å². The number of carbonyl (C=O) groups is 1. The molecule has 4 bridgehead atoms. The molecule has 1 aromatic carbocycles. The Labute approximate surface area is 149 Å². The second-order valence-electron chi connectivity index (χ2n) is 8.36. The highest BCUT2D eigenvalue weighted by molar-refractivity contribution is 7.80. The summed E-state index contributed by atoms with van der Waals surface area (Å²) in [6.07, 6.45) is 8.57. The molecule has 0 heterocycles. The molecular formula is C20H26N2OS. The van der Waals surface area contributed by atoms with Gasteiger partial charge in [0.15, 0.2) is 10.9 Å². The lowest BCUT2D eigenvalue weighted by Crippen LogP contribution is -2.51. The highest BCUT2D eigenvalue weighted by Gasteiger charge is 2.50. The van der Waals surface area contributed by atoms with Crippen LogP contribution in [0.4, 0.5) is 5.69 Å². The number of anilines is 1. The Kier molecular flexibility index (Phi) is 4.11. The summed E-state index contributed by atoms with van der Waals surface area (Å²) < 4.78 is 0. The van der Waals surface area contributed by atoms with Gasteiger partial charge in [0.1, 0.15) is 0 Å². The number of hydrogen-bond donors (Lipinski definition) is 2. The zero-order valence-electron chi connectivity index (χ0n) is 14.3. The van der Waals surface area contributed by atoms with Crippen LogP contribution in [0.15, 0.2) is 24.3 Å². The van der Waals surface area contributed by atoms with Gasteiger partial charge in [0, 0.05) is 17.8 Å². The molecule has 0 saturated heterocycles. The lowest BCUT2D eigenvalue weighted by atomic mass is 9.49. The first-order chi connectivity index (χ1) is 11.5. The SMILES string of the molecule is CC(=O)c1cccc(NC(=S)NCC23CC4CC(CC(C4)C2)C3)c1. The number of benzene rings is 1. The molecule has 0 amide bonds. The molecule has 4 saturated carbocycles. The smallest absolute Gasteiger partial charge is 0.170 e. The second-order valence-corrected chi connectivity index (χ2v) is 8.77. The molecule has 0 aliphatic heterocycles. The number of thiocarbonyl (C=S) groups is 1. The lowest BCUT2D eigenvalue weighted by Gasteiger charge is -2.57. The summed E-state index contributed by atoms with van der Waals surface area (Å²) in [7, 11) is 0. The molecule has 0 aromatic heterocycles. The Hall–Kier alpha value is -1.42. The molecule has 4 aliphatic rings. The van der Waals surface area contributed by atoms with Gasteiger partial charge in [-0.2, -0.15) is 0 Å². The van der Waals surface area contributed by atoms with Crippen molar-refractivity contribution in [2.75, 3.05) is 11.9 Å². The Morgan fingerprint density at radius 3 is 2.38 bits per heavy atom. The standard InChI is InChI=1S/C20H26N2OS/c1-13(23)17-3-2-4-18(8-17)22-19(24)21-12-20-9-14-5-15(10-20)7-16(6-14)11-20/h2-4,8,14-16H,5-7,9-12H2,1H3,(H2,21,22,24). The summed E-state index contributed by atoms with van der Waals surface area (Å²) in [6.45, 7) is 2.58. The van der Waals surface area contributed by atoms with Gasteiger partial charge in [-0.25, -0.2) is 0 Å². The van der Waals surface area contributed by atoms with Crippen LogP contribution in [0.3, 0.4) is 0 Å². The van der Waals surface area contributed by atoms with Gasteiger partial charge in [0.25, 0.3) is 0 Å². The van der Waals surface area contributed by atoms with Crippen LogP contribution in [0, 0.1) is 23.2 Å². The van der Waals surface area contributed by atoms with E-state index in [-0.39, 0.29) is 5.78 Å². The number of hydrogen-bond acceptors (Lipinski definition) is 2. The Bertz CT molecular complexity index is 634. The molecule has 0 radical (unpaired) electrons. The van der Waals surface area contributed by atoms with Crippen LogP contribution >= 0.6 is 12.2 Å². The predicted molar refractivity (Wildman–Crippen MR) is 101 cm³/mol. The van der Waals surface area contributed by atoms with Crippen molar-refractivity contribution in [2.24, 2.45) is 23.2 Å². The monoisotopic (exact) mass is 342 g/mol. The second kappa shape index (κ2) is 6.14. The fourth-order valence-electron chi connectivity index (χ4n) is 5.77. The van der Waals surface area contributed by atoms with Gasteiger partial charge in [0.2, 0.25) is 0 Å². The first kappa shape index (κ1) is 16.1. The van der Waals surface area contributed by atoms with E-state index in [1.165, 1.54) is 38.5 Å². The molecule has 0 unspecified atom stereocenters. The zero-order chi connectivity index (χ0) is 16.7. The molecule has 4 fully saturated rings. The Morgan fingerprint density at radius 1 is 1.17 bits per heavy atom. The average Bonchev–Trinajstić information content (AvgIpc) is 2.52. The summed E-state index contributed by atoms with van der Waals surface area (Å²) in [5, 5.41) is 7.38. The quantitative estimate of drug-likeness (QED) is 0.629. The number of ketones is 1. The van der Waals surface area contributed by atoms with E-state index in [1.807, 2.05) is 24.3 Å². The van der Waals surface area contributed by atoms with Crippen LogP contribution in [-0.2, 0) is 0 Å². The predicted octanol–water partition coefficient (Wildman–Crippen LogP) is 4.39. The average molecular weight is 343 g/mol. The van der Waals surface area contributed by atoms with Crippen molar-refractivity contribution in [3.63, 3.8) is 0 Å². The van der Waals surface area contributed by atoms with E-state index in [1.54, 1.807) is 6.92 Å². The summed E-state index contributed by atoms with van der Waals surface area (Å²) in [5.74, 6) is 2.97. The minimum atomic E-state index is 0.0751. The van der Waals surface area contributed by atoms with Crippen molar-refractivity contribution in [3.8, 4) is 0 Å². The van der Waals surface area contributed by atoms with Crippen molar-refractivity contribution in [1.82, 2.24) is 5.32 Å². The van der Waals surface area contributed by atoms with Crippen molar-refractivity contribution < 1.29 is 4.79 Å². The first-order valence-electron chi connectivity index (χ1n) is 9.17. The first-order valence-corrected chi connectivity index (χ1v) is 9.58. The fourth-order valence-corrected chi connectivity index (χ4v) is 5.96. The number of nitrogens with one attached hydrogen (secondary N) is 2. The topological polar surface area (TPSA) is 41.1 Å². The zero-order valence-corrected chi connectivity index (χ0v) is 15.1. The van der Waals surface area contributed by atoms with E-state index in [2.05, 4.69) is 10.6 Å². The molecule has 1 aromatic rings. The number of rotatable bonds is 4. The molecule has 4 heteroatoms. The van der Waals surface area contributed by atoms with Crippen LogP contribution in [-0.4, -0.2) is 17.4 Å². The van der Waals surface area contributed by atoms with Gasteiger partial charge in [0.05, 0.1) is 0 Å². The summed E-state index contributed by atoms with van der Waals surface area (Å²) >= 11 is 5.49. The molecular weight excluding hydrogens is 316 g/mol. The van der Waals surface area contributed by atoms with Crippen molar-refractivity contribution in [3.05, 3.63) is 29.8 Å². The molecule has 24 heavy (non-hydrogen) atoms. The van der Waals surface area contributed by atoms with Crippen molar-refractivity contribution in [1.29, 1.82) is 0 Å². The summed E-state index contributed by atoms with van der Waals surface area (Å²) in [6, 6.07) is 7.53. The van der Waals surface area contributed by atoms with Gasteiger partial charge in [-0.3, -0.25) is 4.79 Å². The normalized spacial score (nSPS) is 33.3. The maximum absolute atomic E-state index is 11.5. The van der Waals surface area contributed by atoms with Gasteiger partial charge in [-0.15, -0.1) is 0 Å². The Balaban J connectivity index is 1.35. The maximum atomic E-state index is 11.5. The Morgan fingerprint density at radius 2 is 1.79 bits per heavy atom. The van der Waals surface area contributed by atoms with E-state index in [4.69, 9.17) is 12.2 Å². The minimum Gasteiger partial charge on any atom is -0.362 e. The molecule has 128 valence electrons.